The van der Waals surface area contributed by atoms with Crippen LogP contribution >= 0.6 is 0 Å². The third kappa shape index (κ3) is 7.08. The Morgan fingerprint density at radius 3 is 2.42 bits per heavy atom. The van der Waals surface area contributed by atoms with E-state index < -0.39 is 35.9 Å². The number of ether oxygens (including phenoxy) is 2. The molecule has 0 aliphatic rings. The molecule has 0 aliphatic carbocycles. The monoisotopic (exact) mass is 340 g/mol. The summed E-state index contributed by atoms with van der Waals surface area (Å²) in [6.45, 7) is 4.66. The van der Waals surface area contributed by atoms with Crippen molar-refractivity contribution in [3.63, 3.8) is 0 Å². The van der Waals surface area contributed by atoms with Crippen molar-refractivity contribution in [2.75, 3.05) is 13.7 Å². The van der Waals surface area contributed by atoms with E-state index in [4.69, 9.17) is 9.47 Å². The zero-order valence-electron chi connectivity index (χ0n) is 14.1. The normalized spacial score (nSPS) is 10.7. The molecule has 0 atom stereocenters. The van der Waals surface area contributed by atoms with Gasteiger partial charge in [0.15, 0.2) is 18.2 Å². The molecule has 132 valence electrons. The minimum absolute atomic E-state index is 0.0661. The van der Waals surface area contributed by atoms with Crippen LogP contribution in [-0.2, 0) is 20.7 Å². The Hall–Kier alpha value is -2.64. The van der Waals surface area contributed by atoms with Crippen LogP contribution < -0.4 is 15.4 Å². The third-order valence-corrected chi connectivity index (χ3v) is 2.67. The van der Waals surface area contributed by atoms with E-state index in [0.717, 1.165) is 6.07 Å². The fraction of sp³-hybridized carbons (Fsp3) is 0.438. The van der Waals surface area contributed by atoms with Gasteiger partial charge in [-0.05, 0) is 38.5 Å². The summed E-state index contributed by atoms with van der Waals surface area (Å²) in [6.07, 6.45) is -0.206. The van der Waals surface area contributed by atoms with Gasteiger partial charge in [-0.3, -0.25) is 14.9 Å². The molecule has 7 nitrogen and oxygen atoms in total. The standard InChI is InChI=1S/C16H21FN2O5/c1-16(2,3)19-15(22)18-13(20)9-24-14(21)8-10-5-6-12(23-4)11(17)7-10/h5-7H,8-9H2,1-4H3,(H2,18,19,20,22). The number of rotatable bonds is 5. The van der Waals surface area contributed by atoms with Crippen molar-refractivity contribution < 1.29 is 28.2 Å². The first-order valence-electron chi connectivity index (χ1n) is 7.21. The third-order valence-electron chi connectivity index (χ3n) is 2.67. The van der Waals surface area contributed by atoms with Gasteiger partial charge in [0.05, 0.1) is 13.5 Å². The van der Waals surface area contributed by atoms with E-state index in [1.54, 1.807) is 20.8 Å². The second kappa shape index (κ2) is 8.28. The summed E-state index contributed by atoms with van der Waals surface area (Å²) >= 11 is 0. The van der Waals surface area contributed by atoms with E-state index in [1.165, 1.54) is 19.2 Å². The molecule has 0 bridgehead atoms. The number of benzene rings is 1. The van der Waals surface area contributed by atoms with Gasteiger partial charge < -0.3 is 14.8 Å². The van der Waals surface area contributed by atoms with E-state index >= 15 is 0 Å². The molecule has 0 saturated carbocycles. The smallest absolute Gasteiger partial charge is 0.321 e. The van der Waals surface area contributed by atoms with Crippen molar-refractivity contribution in [3.8, 4) is 5.75 Å². The summed E-state index contributed by atoms with van der Waals surface area (Å²) in [7, 11) is 1.33. The van der Waals surface area contributed by atoms with Gasteiger partial charge in [-0.2, -0.15) is 0 Å². The molecule has 0 heterocycles. The Labute approximate surface area is 139 Å². The molecule has 1 rings (SSSR count). The summed E-state index contributed by atoms with van der Waals surface area (Å²) in [5, 5.41) is 4.57. The number of hydrogen-bond acceptors (Lipinski definition) is 5. The minimum Gasteiger partial charge on any atom is -0.494 e. The number of urea groups is 1. The van der Waals surface area contributed by atoms with Crippen LogP contribution in [0.2, 0.25) is 0 Å². The predicted octanol–water partition coefficient (Wildman–Crippen LogP) is 1.54. The molecule has 2 N–H and O–H groups in total. The van der Waals surface area contributed by atoms with E-state index in [9.17, 15) is 18.8 Å². The summed E-state index contributed by atoms with van der Waals surface area (Å²) < 4.78 is 23.0. The molecule has 0 fully saturated rings. The van der Waals surface area contributed by atoms with Gasteiger partial charge in [-0.25, -0.2) is 9.18 Å². The quantitative estimate of drug-likeness (QED) is 0.793. The topological polar surface area (TPSA) is 93.7 Å². The van der Waals surface area contributed by atoms with Crippen LogP contribution in [0.3, 0.4) is 0 Å². The Balaban J connectivity index is 2.42. The van der Waals surface area contributed by atoms with Crippen molar-refractivity contribution in [2.24, 2.45) is 0 Å². The Morgan fingerprint density at radius 1 is 1.21 bits per heavy atom. The molecule has 1 aromatic rings. The van der Waals surface area contributed by atoms with Gasteiger partial charge in [0, 0.05) is 5.54 Å². The van der Waals surface area contributed by atoms with E-state index in [1.807, 2.05) is 5.32 Å². The van der Waals surface area contributed by atoms with E-state index in [0.29, 0.717) is 5.56 Å². The van der Waals surface area contributed by atoms with Crippen molar-refractivity contribution in [1.29, 1.82) is 0 Å². The first-order chi connectivity index (χ1) is 11.1. The van der Waals surface area contributed by atoms with Gasteiger partial charge >= 0.3 is 12.0 Å². The highest BCUT2D eigenvalue weighted by atomic mass is 19.1. The molecular formula is C16H21FN2O5. The number of carbonyl (C=O) groups is 3. The zero-order chi connectivity index (χ0) is 18.3. The van der Waals surface area contributed by atoms with Gasteiger partial charge in [0.25, 0.3) is 5.91 Å². The minimum atomic E-state index is -0.758. The lowest BCUT2D eigenvalue weighted by atomic mass is 10.1. The number of esters is 1. The van der Waals surface area contributed by atoms with E-state index in [-0.39, 0.29) is 12.2 Å². The predicted molar refractivity (Wildman–Crippen MR) is 84.0 cm³/mol. The average molecular weight is 340 g/mol. The fourth-order valence-electron chi connectivity index (χ4n) is 1.72. The molecule has 8 heteroatoms. The molecule has 0 aliphatic heterocycles. The fourth-order valence-corrected chi connectivity index (χ4v) is 1.72. The molecule has 0 saturated heterocycles. The molecule has 0 unspecified atom stereocenters. The number of amides is 3. The van der Waals surface area contributed by atoms with Crippen molar-refractivity contribution in [1.82, 2.24) is 10.6 Å². The largest absolute Gasteiger partial charge is 0.494 e. The molecule has 0 spiro atoms. The molecular weight excluding hydrogens is 319 g/mol. The first kappa shape index (κ1) is 19.4. The van der Waals surface area contributed by atoms with Crippen LogP contribution in [-0.4, -0.2) is 37.2 Å². The number of hydrogen-bond donors (Lipinski definition) is 2. The van der Waals surface area contributed by atoms with E-state index in [2.05, 4.69) is 5.32 Å². The van der Waals surface area contributed by atoms with Crippen LogP contribution in [0.4, 0.5) is 9.18 Å². The number of nitrogens with one attached hydrogen (secondary N) is 2. The zero-order valence-corrected chi connectivity index (χ0v) is 14.1. The number of imide groups is 1. The van der Waals surface area contributed by atoms with Gasteiger partial charge in [-0.1, -0.05) is 6.07 Å². The highest BCUT2D eigenvalue weighted by Crippen LogP contribution is 2.18. The lowest BCUT2D eigenvalue weighted by Crippen LogP contribution is -2.49. The maximum absolute atomic E-state index is 13.5. The summed E-state index contributed by atoms with van der Waals surface area (Å²) in [4.78, 5) is 34.6. The lowest BCUT2D eigenvalue weighted by Gasteiger charge is -2.20. The molecule has 0 radical (unpaired) electrons. The van der Waals surface area contributed by atoms with Gasteiger partial charge in [0.2, 0.25) is 0 Å². The van der Waals surface area contributed by atoms with Crippen LogP contribution in [0.1, 0.15) is 26.3 Å². The van der Waals surface area contributed by atoms with Crippen molar-refractivity contribution >= 4 is 17.9 Å². The van der Waals surface area contributed by atoms with Crippen LogP contribution in [0.5, 0.6) is 5.75 Å². The highest BCUT2D eigenvalue weighted by molar-refractivity contribution is 5.95. The molecule has 3 amide bonds. The van der Waals surface area contributed by atoms with Crippen molar-refractivity contribution in [2.45, 2.75) is 32.7 Å². The maximum Gasteiger partial charge on any atom is 0.321 e. The highest BCUT2D eigenvalue weighted by Gasteiger charge is 2.17. The first-order valence-corrected chi connectivity index (χ1v) is 7.21. The summed E-state index contributed by atoms with van der Waals surface area (Å²) in [5.41, 5.74) is -0.122. The van der Waals surface area contributed by atoms with Crippen molar-refractivity contribution in [3.05, 3.63) is 29.6 Å². The SMILES string of the molecule is COc1ccc(CC(=O)OCC(=O)NC(=O)NC(C)(C)C)cc1F. The second-order valence-electron chi connectivity index (χ2n) is 6.06. The number of halogens is 1. The number of methoxy groups -OCH3 is 1. The molecule has 1 aromatic carbocycles. The van der Waals surface area contributed by atoms with Gasteiger partial charge in [0.1, 0.15) is 0 Å². The molecule has 24 heavy (non-hydrogen) atoms. The number of carbonyl (C=O) groups excluding carboxylic acids is 3. The Kier molecular flexibility index (Phi) is 6.69. The van der Waals surface area contributed by atoms with Crippen LogP contribution in [0.15, 0.2) is 18.2 Å². The second-order valence-corrected chi connectivity index (χ2v) is 6.06. The lowest BCUT2D eigenvalue weighted by molar-refractivity contribution is -0.147. The summed E-state index contributed by atoms with van der Waals surface area (Å²) in [5.74, 6) is -2.01. The average Bonchev–Trinajstić information content (AvgIpc) is 2.43. The molecule has 0 aromatic heterocycles. The summed E-state index contributed by atoms with van der Waals surface area (Å²) in [6, 6.07) is 3.37. The Morgan fingerprint density at radius 2 is 1.88 bits per heavy atom. The van der Waals surface area contributed by atoms with Gasteiger partial charge in [-0.15, -0.1) is 0 Å². The van der Waals surface area contributed by atoms with Crippen LogP contribution in [0, 0.1) is 5.82 Å². The Bertz CT molecular complexity index is 625. The van der Waals surface area contributed by atoms with Crippen LogP contribution in [0.25, 0.3) is 0 Å². The maximum atomic E-state index is 13.5.